The number of nitrogens with zero attached hydrogens (tertiary/aromatic N) is 1. The van der Waals surface area contributed by atoms with Gasteiger partial charge < -0.3 is 14.6 Å². The molecule has 0 bridgehead atoms. The van der Waals surface area contributed by atoms with Crippen LogP contribution in [0.5, 0.6) is 0 Å². The smallest absolute Gasteiger partial charge is 0.225 e. The first-order valence-corrected chi connectivity index (χ1v) is 11.4. The van der Waals surface area contributed by atoms with Crippen molar-refractivity contribution in [2.75, 3.05) is 19.0 Å². The van der Waals surface area contributed by atoms with Crippen LogP contribution in [-0.4, -0.2) is 32.6 Å². The molecule has 1 heterocycles. The van der Waals surface area contributed by atoms with E-state index in [0.717, 1.165) is 5.69 Å². The van der Waals surface area contributed by atoms with Crippen molar-refractivity contribution in [1.82, 2.24) is 4.57 Å². The Morgan fingerprint density at radius 1 is 1.28 bits per heavy atom. The highest BCUT2D eigenvalue weighted by molar-refractivity contribution is 7.91. The molecule has 0 aliphatic rings. The minimum atomic E-state index is -3.88. The summed E-state index contributed by atoms with van der Waals surface area (Å²) in [5.74, 6) is 0.247. The van der Waals surface area contributed by atoms with Crippen LogP contribution in [0.1, 0.15) is 37.9 Å². The fourth-order valence-corrected chi connectivity index (χ4v) is 5.24. The Morgan fingerprint density at radius 2 is 1.97 bits per heavy atom. The first-order chi connectivity index (χ1) is 13.6. The third-order valence-electron chi connectivity index (χ3n) is 4.73. The highest BCUT2D eigenvalue weighted by atomic mass is 35.5. The second kappa shape index (κ2) is 9.78. The highest BCUT2D eigenvalue weighted by Gasteiger charge is 2.30. The molecule has 1 amide bonds. The first kappa shape index (κ1) is 23.4. The van der Waals surface area contributed by atoms with Crippen molar-refractivity contribution in [2.24, 2.45) is 5.92 Å². The number of sulfone groups is 1. The molecule has 0 fully saturated rings. The van der Waals surface area contributed by atoms with E-state index in [1.165, 1.54) is 12.1 Å². The normalized spacial score (nSPS) is 11.8. The molecule has 6 nitrogen and oxygen atoms in total. The Labute approximate surface area is 178 Å². The third kappa shape index (κ3) is 5.41. The van der Waals surface area contributed by atoms with Gasteiger partial charge in [-0.25, -0.2) is 8.42 Å². The van der Waals surface area contributed by atoms with E-state index in [9.17, 15) is 13.2 Å². The molecule has 0 saturated carbocycles. The third-order valence-corrected chi connectivity index (χ3v) is 6.88. The maximum absolute atomic E-state index is 13.5. The van der Waals surface area contributed by atoms with Gasteiger partial charge in [-0.1, -0.05) is 31.5 Å². The van der Waals surface area contributed by atoms with Gasteiger partial charge in [0.15, 0.2) is 0 Å². The van der Waals surface area contributed by atoms with E-state index in [1.54, 1.807) is 26.2 Å². The Morgan fingerprint density at radius 3 is 2.55 bits per heavy atom. The second-order valence-electron chi connectivity index (χ2n) is 7.49. The number of rotatable bonds is 9. The molecule has 0 radical (unpaired) electrons. The number of ether oxygens (including phenoxy) is 1. The van der Waals surface area contributed by atoms with Gasteiger partial charge in [0.25, 0.3) is 0 Å². The quantitative estimate of drug-likeness (QED) is 0.577. The fourth-order valence-electron chi connectivity index (χ4n) is 3.24. The molecule has 1 N–H and O–H groups in total. The molecule has 0 aliphatic heterocycles. The van der Waals surface area contributed by atoms with E-state index in [0.29, 0.717) is 42.4 Å². The van der Waals surface area contributed by atoms with E-state index < -0.39 is 9.84 Å². The number of anilines is 1. The Balaban J connectivity index is 2.63. The Hall–Kier alpha value is -1.83. The maximum Gasteiger partial charge on any atom is 0.225 e. The molecule has 0 atom stereocenters. The number of benzene rings is 1. The summed E-state index contributed by atoms with van der Waals surface area (Å²) in [6.07, 6.45) is 0.993. The molecule has 0 spiro atoms. The largest absolute Gasteiger partial charge is 0.385 e. The van der Waals surface area contributed by atoms with E-state index in [-0.39, 0.29) is 21.6 Å². The van der Waals surface area contributed by atoms with Gasteiger partial charge in [-0.3, -0.25) is 4.79 Å². The van der Waals surface area contributed by atoms with Crippen LogP contribution in [0, 0.1) is 19.8 Å². The molecule has 0 aliphatic carbocycles. The number of carbonyl (C=O) groups is 1. The van der Waals surface area contributed by atoms with E-state index in [1.807, 2.05) is 25.3 Å². The predicted molar refractivity (Wildman–Crippen MR) is 115 cm³/mol. The van der Waals surface area contributed by atoms with Crippen molar-refractivity contribution in [3.05, 3.63) is 40.5 Å². The van der Waals surface area contributed by atoms with Crippen LogP contribution in [0.15, 0.2) is 34.1 Å². The minimum absolute atomic E-state index is 0.0986. The van der Waals surface area contributed by atoms with Crippen molar-refractivity contribution >= 4 is 33.2 Å². The summed E-state index contributed by atoms with van der Waals surface area (Å²) in [6, 6.07) is 6.16. The van der Waals surface area contributed by atoms with E-state index in [4.69, 9.17) is 16.3 Å². The summed E-state index contributed by atoms with van der Waals surface area (Å²) in [6.45, 7) is 8.57. The van der Waals surface area contributed by atoms with Gasteiger partial charge in [-0.15, -0.1) is 0 Å². The van der Waals surface area contributed by atoms with Crippen LogP contribution in [0.2, 0.25) is 5.02 Å². The number of hydrogen-bond donors (Lipinski definition) is 1. The van der Waals surface area contributed by atoms with Gasteiger partial charge in [-0.05, 0) is 49.9 Å². The zero-order valence-corrected chi connectivity index (χ0v) is 19.2. The topological polar surface area (TPSA) is 77.4 Å². The number of aromatic nitrogens is 1. The molecule has 1 aromatic carbocycles. The van der Waals surface area contributed by atoms with Crippen LogP contribution in [0.25, 0.3) is 0 Å². The number of nitrogens with one attached hydrogen (secondary N) is 1. The number of halogens is 1. The van der Waals surface area contributed by atoms with Crippen LogP contribution < -0.4 is 5.32 Å². The predicted octanol–water partition coefficient (Wildman–Crippen LogP) is 4.61. The lowest BCUT2D eigenvalue weighted by Crippen LogP contribution is -2.19. The minimum Gasteiger partial charge on any atom is -0.385 e. The molecule has 8 heteroatoms. The molecule has 29 heavy (non-hydrogen) atoms. The van der Waals surface area contributed by atoms with Crippen molar-refractivity contribution < 1.29 is 17.9 Å². The summed E-state index contributed by atoms with van der Waals surface area (Å²) in [7, 11) is -2.26. The molecule has 160 valence electrons. The first-order valence-electron chi connectivity index (χ1n) is 9.58. The zero-order chi connectivity index (χ0) is 21.8. The average Bonchev–Trinajstić information content (AvgIpc) is 2.86. The molecular formula is C21H29ClN2O4S. The lowest BCUT2D eigenvalue weighted by atomic mass is 10.1. The molecule has 1 aromatic heterocycles. The van der Waals surface area contributed by atoms with Crippen LogP contribution >= 0.6 is 11.6 Å². The Bertz CT molecular complexity index is 981. The lowest BCUT2D eigenvalue weighted by Gasteiger charge is -2.15. The molecule has 2 rings (SSSR count). The lowest BCUT2D eigenvalue weighted by molar-refractivity contribution is -0.116. The number of methoxy groups -OCH3 is 1. The summed E-state index contributed by atoms with van der Waals surface area (Å²) < 4.78 is 33.9. The van der Waals surface area contributed by atoms with Gasteiger partial charge in [0.2, 0.25) is 15.7 Å². The highest BCUT2D eigenvalue weighted by Crippen LogP contribution is 2.36. The van der Waals surface area contributed by atoms with Crippen LogP contribution in [0.3, 0.4) is 0 Å². The molecule has 0 unspecified atom stereocenters. The van der Waals surface area contributed by atoms with Crippen molar-refractivity contribution in [3.8, 4) is 0 Å². The van der Waals surface area contributed by atoms with E-state index in [2.05, 4.69) is 5.32 Å². The molecular weight excluding hydrogens is 412 g/mol. The SMILES string of the molecule is COCCCn1c(C)c(C)c(S(=O)(=O)c2cccc(Cl)c2)c1NC(=O)CC(C)C. The van der Waals surface area contributed by atoms with E-state index >= 15 is 0 Å². The molecule has 0 saturated heterocycles. The summed E-state index contributed by atoms with van der Waals surface area (Å²) in [5, 5.41) is 3.20. The summed E-state index contributed by atoms with van der Waals surface area (Å²) in [4.78, 5) is 12.7. The second-order valence-corrected chi connectivity index (χ2v) is 9.82. The van der Waals surface area contributed by atoms with Crippen LogP contribution in [-0.2, 0) is 25.9 Å². The van der Waals surface area contributed by atoms with Gasteiger partial charge >= 0.3 is 0 Å². The van der Waals surface area contributed by atoms with Crippen molar-refractivity contribution in [2.45, 2.75) is 56.9 Å². The van der Waals surface area contributed by atoms with Crippen molar-refractivity contribution in [1.29, 1.82) is 0 Å². The summed E-state index contributed by atoms with van der Waals surface area (Å²) >= 11 is 6.03. The van der Waals surface area contributed by atoms with Crippen LogP contribution in [0.4, 0.5) is 5.82 Å². The van der Waals surface area contributed by atoms with Gasteiger partial charge in [0.1, 0.15) is 10.7 Å². The Kier molecular flexibility index (Phi) is 7.91. The molecule has 2 aromatic rings. The fraction of sp³-hybridized carbons (Fsp3) is 0.476. The van der Waals surface area contributed by atoms with Gasteiger partial charge in [0.05, 0.1) is 4.90 Å². The number of amides is 1. The number of carbonyl (C=O) groups excluding carboxylic acids is 1. The maximum atomic E-state index is 13.5. The average molecular weight is 441 g/mol. The van der Waals surface area contributed by atoms with Gasteiger partial charge in [-0.2, -0.15) is 0 Å². The summed E-state index contributed by atoms with van der Waals surface area (Å²) in [5.41, 5.74) is 1.41. The monoisotopic (exact) mass is 440 g/mol. The standard InChI is InChI=1S/C21H29ClN2O4S/c1-14(2)12-19(25)23-21-20(15(3)16(4)24(21)10-7-11-28-5)29(26,27)18-9-6-8-17(22)13-18/h6,8-9,13-14H,7,10-12H2,1-5H3,(H,23,25). The van der Waals surface area contributed by atoms with Gasteiger partial charge in [0, 0.05) is 37.4 Å². The number of hydrogen-bond acceptors (Lipinski definition) is 4. The zero-order valence-electron chi connectivity index (χ0n) is 17.6. The van der Waals surface area contributed by atoms with Crippen molar-refractivity contribution in [3.63, 3.8) is 0 Å².